The molecule has 2 heterocycles. The van der Waals surface area contributed by atoms with E-state index in [1.54, 1.807) is 12.1 Å². The lowest BCUT2D eigenvalue weighted by atomic mass is 10.1. The average molecular weight is 418 g/mol. The van der Waals surface area contributed by atoms with Crippen LogP contribution in [0, 0.1) is 13.8 Å². The maximum atomic E-state index is 12.7. The first-order chi connectivity index (χ1) is 14.9. The summed E-state index contributed by atoms with van der Waals surface area (Å²) in [7, 11) is 0. The fraction of sp³-hybridized carbons (Fsp3) is 0.292. The third-order valence-electron chi connectivity index (χ3n) is 5.71. The fourth-order valence-electron chi connectivity index (χ4n) is 3.91. The molecule has 0 radical (unpaired) electrons. The summed E-state index contributed by atoms with van der Waals surface area (Å²) in [5.41, 5.74) is 4.79. The van der Waals surface area contributed by atoms with Crippen molar-refractivity contribution in [3.05, 3.63) is 64.9 Å². The van der Waals surface area contributed by atoms with Gasteiger partial charge in [0.05, 0.1) is 0 Å². The zero-order valence-corrected chi connectivity index (χ0v) is 17.8. The summed E-state index contributed by atoms with van der Waals surface area (Å²) in [6.45, 7) is 5.65. The zero-order chi connectivity index (χ0) is 22.0. The Labute approximate surface area is 181 Å². The van der Waals surface area contributed by atoms with E-state index in [1.807, 2.05) is 44.2 Å². The lowest BCUT2D eigenvalue weighted by molar-refractivity contribution is -0.127. The molecule has 0 aromatic heterocycles. The summed E-state index contributed by atoms with van der Waals surface area (Å²) in [6, 6.07) is 12.9. The summed E-state index contributed by atoms with van der Waals surface area (Å²) in [5.74, 6) is -0.932. The van der Waals surface area contributed by atoms with Gasteiger partial charge in [-0.1, -0.05) is 24.3 Å². The van der Waals surface area contributed by atoms with E-state index in [9.17, 15) is 14.4 Å². The highest BCUT2D eigenvalue weighted by Crippen LogP contribution is 2.25. The van der Waals surface area contributed by atoms with Crippen LogP contribution in [0.5, 0.6) is 0 Å². The molecule has 7 heteroatoms. The third kappa shape index (κ3) is 4.45. The van der Waals surface area contributed by atoms with Crippen molar-refractivity contribution in [2.24, 2.45) is 0 Å². The number of carbonyl (C=O) groups excluding carboxylic acids is 3. The molecule has 7 nitrogen and oxygen atoms in total. The highest BCUT2D eigenvalue weighted by molar-refractivity contribution is 6.16. The molecule has 2 aliphatic rings. The summed E-state index contributed by atoms with van der Waals surface area (Å²) in [5, 5.41) is 5.34. The maximum absolute atomic E-state index is 12.7. The van der Waals surface area contributed by atoms with Crippen LogP contribution in [0.15, 0.2) is 48.2 Å². The first-order valence-corrected chi connectivity index (χ1v) is 10.5. The van der Waals surface area contributed by atoms with Gasteiger partial charge in [-0.25, -0.2) is 9.69 Å². The second-order valence-corrected chi connectivity index (χ2v) is 7.98. The second kappa shape index (κ2) is 8.63. The Bertz CT molecular complexity index is 1070. The maximum Gasteiger partial charge on any atom is 0.329 e. The van der Waals surface area contributed by atoms with Crippen LogP contribution in [0.25, 0.3) is 6.08 Å². The molecule has 2 aromatic rings. The van der Waals surface area contributed by atoms with Gasteiger partial charge < -0.3 is 15.5 Å². The smallest absolute Gasteiger partial charge is 0.329 e. The van der Waals surface area contributed by atoms with Crippen LogP contribution in [0.4, 0.5) is 16.2 Å². The SMILES string of the molecule is Cc1cc(N2CCCC2)ccc1C=C1NC(=O)N(CC(=O)Nc2ccccc2C)C1=O. The number of carbonyl (C=O) groups is 3. The van der Waals surface area contributed by atoms with Crippen LogP contribution in [-0.4, -0.2) is 42.4 Å². The Hall–Kier alpha value is -3.61. The lowest BCUT2D eigenvalue weighted by Gasteiger charge is -2.18. The van der Waals surface area contributed by atoms with Gasteiger partial charge in [0.1, 0.15) is 12.2 Å². The van der Waals surface area contributed by atoms with Crippen molar-refractivity contribution in [1.82, 2.24) is 10.2 Å². The molecule has 2 aromatic carbocycles. The van der Waals surface area contributed by atoms with Gasteiger partial charge in [-0.2, -0.15) is 0 Å². The first kappa shape index (κ1) is 20.7. The van der Waals surface area contributed by atoms with E-state index in [0.29, 0.717) is 5.69 Å². The quantitative estimate of drug-likeness (QED) is 0.576. The minimum atomic E-state index is -0.595. The van der Waals surface area contributed by atoms with Crippen LogP contribution in [0.2, 0.25) is 0 Å². The Kier molecular flexibility index (Phi) is 5.75. The predicted octanol–water partition coefficient (Wildman–Crippen LogP) is 3.44. The Morgan fingerprint density at radius 3 is 2.52 bits per heavy atom. The number of benzene rings is 2. The van der Waals surface area contributed by atoms with Crippen molar-refractivity contribution in [2.45, 2.75) is 26.7 Å². The minimum absolute atomic E-state index is 0.172. The van der Waals surface area contributed by atoms with Crippen LogP contribution in [0.1, 0.15) is 29.5 Å². The molecule has 31 heavy (non-hydrogen) atoms. The average Bonchev–Trinajstić information content (AvgIpc) is 3.36. The highest BCUT2D eigenvalue weighted by atomic mass is 16.2. The number of para-hydroxylation sites is 1. The number of amides is 4. The second-order valence-electron chi connectivity index (χ2n) is 7.98. The number of nitrogens with one attached hydrogen (secondary N) is 2. The molecule has 4 amide bonds. The topological polar surface area (TPSA) is 81.8 Å². The Morgan fingerprint density at radius 1 is 1.06 bits per heavy atom. The summed E-state index contributed by atoms with van der Waals surface area (Å²) in [6.07, 6.45) is 4.08. The molecular formula is C24H26N4O3. The summed E-state index contributed by atoms with van der Waals surface area (Å²) >= 11 is 0. The van der Waals surface area contributed by atoms with Gasteiger partial charge in [-0.05, 0) is 67.7 Å². The van der Waals surface area contributed by atoms with Crippen molar-refractivity contribution in [2.75, 3.05) is 29.9 Å². The van der Waals surface area contributed by atoms with Crippen LogP contribution < -0.4 is 15.5 Å². The predicted molar refractivity (Wildman–Crippen MR) is 121 cm³/mol. The number of urea groups is 1. The number of anilines is 2. The van der Waals surface area contributed by atoms with Crippen molar-refractivity contribution in [1.29, 1.82) is 0 Å². The molecule has 0 atom stereocenters. The van der Waals surface area contributed by atoms with Crippen LogP contribution in [0.3, 0.4) is 0 Å². The van der Waals surface area contributed by atoms with E-state index in [4.69, 9.17) is 0 Å². The molecule has 0 saturated carbocycles. The molecular weight excluding hydrogens is 392 g/mol. The van der Waals surface area contributed by atoms with Gasteiger partial charge in [0.15, 0.2) is 0 Å². The largest absolute Gasteiger partial charge is 0.372 e. The van der Waals surface area contributed by atoms with Crippen molar-refractivity contribution < 1.29 is 14.4 Å². The van der Waals surface area contributed by atoms with Crippen molar-refractivity contribution >= 4 is 35.3 Å². The molecule has 0 aliphatic carbocycles. The normalized spacial score (nSPS) is 17.4. The number of imide groups is 1. The minimum Gasteiger partial charge on any atom is -0.372 e. The molecule has 160 valence electrons. The first-order valence-electron chi connectivity index (χ1n) is 10.5. The Balaban J connectivity index is 1.45. The standard InChI is InChI=1S/C24H26N4O3/c1-16-7-3-4-8-20(16)25-22(29)15-28-23(30)21(26-24(28)31)14-18-9-10-19(13-17(18)2)27-11-5-6-12-27/h3-4,7-10,13-14H,5-6,11-12,15H2,1-2H3,(H,25,29)(H,26,31). The van der Waals surface area contributed by atoms with Gasteiger partial charge in [0, 0.05) is 24.5 Å². The molecule has 2 saturated heterocycles. The van der Waals surface area contributed by atoms with E-state index >= 15 is 0 Å². The van der Waals surface area contributed by atoms with Crippen LogP contribution >= 0.6 is 0 Å². The van der Waals surface area contributed by atoms with Gasteiger partial charge in [0.25, 0.3) is 5.91 Å². The van der Waals surface area contributed by atoms with E-state index < -0.39 is 17.8 Å². The van der Waals surface area contributed by atoms with Gasteiger partial charge in [0.2, 0.25) is 5.91 Å². The number of hydrogen-bond donors (Lipinski definition) is 2. The van der Waals surface area contributed by atoms with Crippen molar-refractivity contribution in [3.63, 3.8) is 0 Å². The molecule has 0 unspecified atom stereocenters. The molecule has 2 fully saturated rings. The van der Waals surface area contributed by atoms with E-state index in [1.165, 1.54) is 18.5 Å². The monoisotopic (exact) mass is 418 g/mol. The van der Waals surface area contributed by atoms with Gasteiger partial charge in [-0.3, -0.25) is 9.59 Å². The third-order valence-corrected chi connectivity index (χ3v) is 5.71. The molecule has 0 bridgehead atoms. The van der Waals surface area contributed by atoms with Crippen LogP contribution in [-0.2, 0) is 9.59 Å². The summed E-state index contributed by atoms with van der Waals surface area (Å²) < 4.78 is 0. The number of rotatable bonds is 5. The van der Waals surface area contributed by atoms with Gasteiger partial charge in [-0.15, -0.1) is 0 Å². The molecule has 2 aliphatic heterocycles. The number of nitrogens with zero attached hydrogens (tertiary/aromatic N) is 2. The van der Waals surface area contributed by atoms with E-state index in [2.05, 4.69) is 21.6 Å². The molecule has 0 spiro atoms. The number of hydrogen-bond acceptors (Lipinski definition) is 4. The fourth-order valence-corrected chi connectivity index (χ4v) is 3.91. The van der Waals surface area contributed by atoms with E-state index in [0.717, 1.165) is 34.7 Å². The van der Waals surface area contributed by atoms with E-state index in [-0.39, 0.29) is 12.2 Å². The van der Waals surface area contributed by atoms with Gasteiger partial charge >= 0.3 is 6.03 Å². The lowest BCUT2D eigenvalue weighted by Crippen LogP contribution is -2.38. The highest BCUT2D eigenvalue weighted by Gasteiger charge is 2.35. The van der Waals surface area contributed by atoms with Crippen molar-refractivity contribution in [3.8, 4) is 0 Å². The Morgan fingerprint density at radius 2 is 1.81 bits per heavy atom. The summed E-state index contributed by atoms with van der Waals surface area (Å²) in [4.78, 5) is 40.7. The molecule has 4 rings (SSSR count). The molecule has 2 N–H and O–H groups in total. The zero-order valence-electron chi connectivity index (χ0n) is 17.8. The number of aryl methyl sites for hydroxylation is 2.